The number of benzene rings is 2. The van der Waals surface area contributed by atoms with Crippen molar-refractivity contribution in [3.05, 3.63) is 54.2 Å². The Kier molecular flexibility index (Phi) is 6.32. The summed E-state index contributed by atoms with van der Waals surface area (Å²) in [7, 11) is 0. The Morgan fingerprint density at radius 1 is 1.16 bits per heavy atom. The van der Waals surface area contributed by atoms with Gasteiger partial charge in [-0.2, -0.15) is 0 Å². The first-order chi connectivity index (χ1) is 15.5. The van der Waals surface area contributed by atoms with Gasteiger partial charge in [0.05, 0.1) is 12.3 Å². The van der Waals surface area contributed by atoms with Gasteiger partial charge in [0.15, 0.2) is 0 Å². The van der Waals surface area contributed by atoms with Crippen molar-refractivity contribution in [3.63, 3.8) is 0 Å². The lowest BCUT2D eigenvalue weighted by Crippen LogP contribution is -2.49. The van der Waals surface area contributed by atoms with Crippen molar-refractivity contribution in [1.82, 2.24) is 9.88 Å². The molecule has 1 amide bonds. The number of carboxylic acid groups (broad SMARTS) is 1. The third-order valence-corrected chi connectivity index (χ3v) is 5.75. The molecule has 3 aromatic rings. The largest absolute Gasteiger partial charge is 0.492 e. The molecule has 8 nitrogen and oxygen atoms in total. The van der Waals surface area contributed by atoms with E-state index in [0.29, 0.717) is 38.5 Å². The lowest BCUT2D eigenvalue weighted by molar-refractivity contribution is -0.143. The van der Waals surface area contributed by atoms with Gasteiger partial charge in [0.25, 0.3) is 0 Å². The van der Waals surface area contributed by atoms with E-state index in [1.165, 1.54) is 6.92 Å². The first-order valence-corrected chi connectivity index (χ1v) is 10.8. The normalized spacial score (nSPS) is 15.5. The number of piperazine rings is 1. The fraction of sp³-hybridized carbons (Fsp3) is 0.333. The van der Waals surface area contributed by atoms with Crippen LogP contribution in [0.5, 0.6) is 5.75 Å². The number of hydrogen-bond donors (Lipinski definition) is 3. The van der Waals surface area contributed by atoms with Crippen LogP contribution >= 0.6 is 0 Å². The molecule has 0 unspecified atom stereocenters. The summed E-state index contributed by atoms with van der Waals surface area (Å²) in [6.07, 6.45) is 1.76. The lowest BCUT2D eigenvalue weighted by Gasteiger charge is -2.39. The van der Waals surface area contributed by atoms with Crippen LogP contribution in [0.2, 0.25) is 0 Å². The van der Waals surface area contributed by atoms with Gasteiger partial charge in [0, 0.05) is 61.5 Å². The molecule has 1 atom stereocenters. The second-order valence-corrected chi connectivity index (χ2v) is 7.85. The average molecular weight is 437 g/mol. The van der Waals surface area contributed by atoms with E-state index in [0.717, 1.165) is 27.9 Å². The Morgan fingerprint density at radius 2 is 1.91 bits per heavy atom. The minimum Gasteiger partial charge on any atom is -0.492 e. The van der Waals surface area contributed by atoms with Gasteiger partial charge < -0.3 is 25.0 Å². The number of nitrogens with zero attached hydrogens (tertiary/aromatic N) is 2. The number of carboxylic acids is 1. The number of aromatic nitrogens is 1. The minimum absolute atomic E-state index is 0.150. The number of nitrogens with one attached hydrogen (secondary N) is 2. The number of carbonyl (C=O) groups excluding carboxylic acids is 1. The van der Waals surface area contributed by atoms with E-state index in [4.69, 9.17) is 4.74 Å². The first kappa shape index (κ1) is 21.7. The van der Waals surface area contributed by atoms with Crippen molar-refractivity contribution in [3.8, 4) is 5.75 Å². The summed E-state index contributed by atoms with van der Waals surface area (Å²) in [5.74, 6) is -0.173. The first-order valence-electron chi connectivity index (χ1n) is 10.8. The van der Waals surface area contributed by atoms with Crippen LogP contribution < -0.4 is 15.0 Å². The van der Waals surface area contributed by atoms with Crippen LogP contribution in [-0.4, -0.2) is 59.7 Å². The van der Waals surface area contributed by atoms with Crippen molar-refractivity contribution < 1.29 is 19.4 Å². The molecular formula is C24H28N4O4. The van der Waals surface area contributed by atoms with E-state index >= 15 is 0 Å². The number of fused-ring (bicyclic) bond motifs is 1. The molecule has 168 valence electrons. The summed E-state index contributed by atoms with van der Waals surface area (Å²) < 4.78 is 5.76. The number of ether oxygens (including phenoxy) is 1. The van der Waals surface area contributed by atoms with E-state index < -0.39 is 12.0 Å². The smallest absolute Gasteiger partial charge is 0.325 e. The van der Waals surface area contributed by atoms with Gasteiger partial charge in [-0.15, -0.1) is 0 Å². The van der Waals surface area contributed by atoms with Gasteiger partial charge in [-0.3, -0.25) is 14.5 Å². The number of aliphatic carboxylic acids is 1. The summed E-state index contributed by atoms with van der Waals surface area (Å²) in [6, 6.07) is 12.7. The highest BCUT2D eigenvalue weighted by Gasteiger charge is 2.32. The van der Waals surface area contributed by atoms with Crippen LogP contribution in [0.1, 0.15) is 25.5 Å². The van der Waals surface area contributed by atoms with Crippen LogP contribution in [0, 0.1) is 0 Å². The van der Waals surface area contributed by atoms with Crippen molar-refractivity contribution in [2.75, 3.05) is 43.0 Å². The number of H-pyrrole nitrogens is 1. The number of carbonyl (C=O) groups is 2. The number of hydrogen-bond acceptors (Lipinski definition) is 5. The highest BCUT2D eigenvalue weighted by molar-refractivity contribution is 5.94. The van der Waals surface area contributed by atoms with Crippen LogP contribution in [0.4, 0.5) is 11.4 Å². The molecule has 32 heavy (non-hydrogen) atoms. The van der Waals surface area contributed by atoms with Gasteiger partial charge >= 0.3 is 5.97 Å². The molecule has 1 aromatic heterocycles. The van der Waals surface area contributed by atoms with Crippen LogP contribution in [0.25, 0.3) is 10.9 Å². The van der Waals surface area contributed by atoms with Crippen molar-refractivity contribution in [2.45, 2.75) is 19.9 Å². The van der Waals surface area contributed by atoms with E-state index in [-0.39, 0.29) is 5.91 Å². The maximum atomic E-state index is 12.3. The highest BCUT2D eigenvalue weighted by Crippen LogP contribution is 2.33. The zero-order valence-corrected chi connectivity index (χ0v) is 18.3. The zero-order valence-electron chi connectivity index (χ0n) is 18.3. The quantitative estimate of drug-likeness (QED) is 0.525. The van der Waals surface area contributed by atoms with Crippen LogP contribution in [0.3, 0.4) is 0 Å². The number of anilines is 2. The standard InChI is InChI=1S/C24H28N4O4/c1-3-32-22-7-5-4-6-21(22)27-10-12-28(13-11-27)23(24(30)31)19-15-25-20-14-17(26-16(2)29)8-9-18(19)20/h4-9,14-15,23,25H,3,10-13H2,1-2H3,(H,26,29)(H,30,31)/t23-/m0/s1. The van der Waals surface area contributed by atoms with Gasteiger partial charge in [-0.05, 0) is 31.2 Å². The molecule has 8 heteroatoms. The Morgan fingerprint density at radius 3 is 2.59 bits per heavy atom. The van der Waals surface area contributed by atoms with Crippen LogP contribution in [-0.2, 0) is 9.59 Å². The molecule has 0 aliphatic carbocycles. The van der Waals surface area contributed by atoms with E-state index in [9.17, 15) is 14.7 Å². The molecule has 0 saturated carbocycles. The fourth-order valence-electron chi connectivity index (χ4n) is 4.36. The van der Waals surface area contributed by atoms with E-state index in [1.54, 1.807) is 12.3 Å². The van der Waals surface area contributed by atoms with E-state index in [1.807, 2.05) is 48.2 Å². The van der Waals surface area contributed by atoms with Crippen LogP contribution in [0.15, 0.2) is 48.7 Å². The topological polar surface area (TPSA) is 97.9 Å². The molecular weight excluding hydrogens is 408 g/mol. The SMILES string of the molecule is CCOc1ccccc1N1CCN([C@H](C(=O)O)c2c[nH]c3cc(NC(C)=O)ccc23)CC1. The highest BCUT2D eigenvalue weighted by atomic mass is 16.5. The fourth-order valence-corrected chi connectivity index (χ4v) is 4.36. The molecule has 1 saturated heterocycles. The Bertz CT molecular complexity index is 1120. The summed E-state index contributed by atoms with van der Waals surface area (Å²) in [5, 5.41) is 13.7. The monoisotopic (exact) mass is 436 g/mol. The van der Waals surface area contributed by atoms with Crippen molar-refractivity contribution in [2.24, 2.45) is 0 Å². The van der Waals surface area contributed by atoms with Gasteiger partial charge in [-0.1, -0.05) is 18.2 Å². The molecule has 1 aliphatic rings. The Balaban J connectivity index is 1.54. The van der Waals surface area contributed by atoms with Gasteiger partial charge in [0.1, 0.15) is 11.8 Å². The number of aromatic amines is 1. The molecule has 0 spiro atoms. The average Bonchev–Trinajstić information content (AvgIpc) is 3.17. The molecule has 1 fully saturated rings. The zero-order chi connectivity index (χ0) is 22.7. The second kappa shape index (κ2) is 9.32. The third-order valence-electron chi connectivity index (χ3n) is 5.75. The van der Waals surface area contributed by atoms with E-state index in [2.05, 4.69) is 15.2 Å². The van der Waals surface area contributed by atoms with Gasteiger partial charge in [0.2, 0.25) is 5.91 Å². The maximum absolute atomic E-state index is 12.3. The van der Waals surface area contributed by atoms with Gasteiger partial charge in [-0.25, -0.2) is 0 Å². The molecule has 2 aromatic carbocycles. The molecule has 3 N–H and O–H groups in total. The molecule has 0 bridgehead atoms. The Labute approximate surface area is 186 Å². The van der Waals surface area contributed by atoms with Crippen molar-refractivity contribution >= 4 is 34.2 Å². The second-order valence-electron chi connectivity index (χ2n) is 7.85. The molecule has 4 rings (SSSR count). The van der Waals surface area contributed by atoms with Crippen molar-refractivity contribution in [1.29, 1.82) is 0 Å². The molecule has 0 radical (unpaired) electrons. The summed E-state index contributed by atoms with van der Waals surface area (Å²) in [4.78, 5) is 31.0. The third kappa shape index (κ3) is 4.40. The number of rotatable bonds is 7. The minimum atomic E-state index is -0.875. The summed E-state index contributed by atoms with van der Waals surface area (Å²) in [6.45, 7) is 6.68. The summed E-state index contributed by atoms with van der Waals surface area (Å²) in [5.41, 5.74) is 3.23. The number of para-hydroxylation sites is 2. The molecule has 2 heterocycles. The summed E-state index contributed by atoms with van der Waals surface area (Å²) >= 11 is 0. The lowest BCUT2D eigenvalue weighted by atomic mass is 10.0. The molecule has 1 aliphatic heterocycles. The maximum Gasteiger partial charge on any atom is 0.325 e. The Hall–Kier alpha value is -3.52. The predicted octanol–water partition coefficient (Wildman–Crippen LogP) is 3.47. The predicted molar refractivity (Wildman–Crippen MR) is 124 cm³/mol. The number of amides is 1.